The van der Waals surface area contributed by atoms with Crippen LogP contribution in [-0.4, -0.2) is 21.0 Å². The minimum Gasteiger partial charge on any atom is -0.490 e. The molecule has 0 unspecified atom stereocenters. The van der Waals surface area contributed by atoms with E-state index in [0.717, 1.165) is 0 Å². The fraction of sp³-hybridized carbons (Fsp3) is 0.200. The van der Waals surface area contributed by atoms with Gasteiger partial charge in [-0.3, -0.25) is 19.9 Å². The lowest BCUT2D eigenvalue weighted by Crippen LogP contribution is -2.25. The lowest BCUT2D eigenvalue weighted by atomic mass is 10.1. The molecule has 8 nitrogen and oxygen atoms in total. The first-order valence-corrected chi connectivity index (χ1v) is 6.83. The Labute approximate surface area is 130 Å². The zero-order valence-electron chi connectivity index (χ0n) is 12.5. The number of aromatic nitrogens is 2. The van der Waals surface area contributed by atoms with Crippen molar-refractivity contribution in [2.24, 2.45) is 0 Å². The Hall–Kier alpha value is -3.16. The van der Waals surface area contributed by atoms with Gasteiger partial charge in [0.15, 0.2) is 0 Å². The maximum Gasteiger partial charge on any atom is 0.357 e. The van der Waals surface area contributed by atoms with E-state index in [0.29, 0.717) is 11.3 Å². The summed E-state index contributed by atoms with van der Waals surface area (Å²) in [6.07, 6.45) is 2.80. The van der Waals surface area contributed by atoms with Crippen LogP contribution < -0.4 is 16.0 Å². The van der Waals surface area contributed by atoms with Crippen molar-refractivity contribution in [1.29, 1.82) is 0 Å². The van der Waals surface area contributed by atoms with Gasteiger partial charge in [-0.1, -0.05) is 18.2 Å². The van der Waals surface area contributed by atoms with E-state index in [1.54, 1.807) is 24.3 Å². The summed E-state index contributed by atoms with van der Waals surface area (Å²) in [5.41, 5.74) is -2.10. The van der Waals surface area contributed by atoms with Gasteiger partial charge in [-0.2, -0.15) is 0 Å². The number of rotatable bonds is 5. The molecule has 0 amide bonds. The van der Waals surface area contributed by atoms with Crippen LogP contribution in [0.4, 0.5) is 5.69 Å². The van der Waals surface area contributed by atoms with Gasteiger partial charge in [-0.05, 0) is 32.1 Å². The van der Waals surface area contributed by atoms with Crippen molar-refractivity contribution >= 4 is 17.8 Å². The Morgan fingerprint density at radius 1 is 1.17 bits per heavy atom. The van der Waals surface area contributed by atoms with Gasteiger partial charge < -0.3 is 9.72 Å². The van der Waals surface area contributed by atoms with Crippen molar-refractivity contribution in [3.05, 3.63) is 66.5 Å². The van der Waals surface area contributed by atoms with E-state index >= 15 is 0 Å². The number of aromatic amines is 2. The molecule has 1 aromatic heterocycles. The van der Waals surface area contributed by atoms with Crippen molar-refractivity contribution in [3.8, 4) is 5.75 Å². The van der Waals surface area contributed by atoms with E-state index < -0.39 is 21.9 Å². The summed E-state index contributed by atoms with van der Waals surface area (Å²) in [6.45, 7) is 3.75. The largest absolute Gasteiger partial charge is 0.490 e. The molecule has 2 N–H and O–H groups in total. The topological polar surface area (TPSA) is 118 Å². The summed E-state index contributed by atoms with van der Waals surface area (Å²) in [6, 6.07) is 7.09. The van der Waals surface area contributed by atoms with Crippen LogP contribution in [0.25, 0.3) is 12.2 Å². The third kappa shape index (κ3) is 3.94. The third-order valence-corrected chi connectivity index (χ3v) is 2.84. The zero-order chi connectivity index (χ0) is 17.0. The van der Waals surface area contributed by atoms with Gasteiger partial charge in [-0.15, -0.1) is 0 Å². The molecular weight excluding hydrogens is 302 g/mol. The summed E-state index contributed by atoms with van der Waals surface area (Å²) in [5.74, 6) is 0.591. The first-order valence-electron chi connectivity index (χ1n) is 6.83. The molecule has 0 fully saturated rings. The molecule has 23 heavy (non-hydrogen) atoms. The van der Waals surface area contributed by atoms with Gasteiger partial charge in [-0.25, -0.2) is 4.79 Å². The summed E-state index contributed by atoms with van der Waals surface area (Å²) >= 11 is 0. The van der Waals surface area contributed by atoms with Crippen molar-refractivity contribution in [3.63, 3.8) is 0 Å². The van der Waals surface area contributed by atoms with Gasteiger partial charge in [0.2, 0.25) is 0 Å². The van der Waals surface area contributed by atoms with Crippen molar-refractivity contribution < 1.29 is 9.66 Å². The molecule has 2 rings (SSSR count). The molecule has 1 heterocycles. The predicted octanol–water partition coefficient (Wildman–Crippen LogP) is 1.93. The Bertz CT molecular complexity index is 864. The van der Waals surface area contributed by atoms with Crippen molar-refractivity contribution in [2.75, 3.05) is 0 Å². The number of nitro groups is 1. The van der Waals surface area contributed by atoms with E-state index in [1.165, 1.54) is 12.2 Å². The van der Waals surface area contributed by atoms with E-state index in [-0.39, 0.29) is 11.8 Å². The lowest BCUT2D eigenvalue weighted by Gasteiger charge is -2.11. The van der Waals surface area contributed by atoms with E-state index in [9.17, 15) is 19.7 Å². The zero-order valence-corrected chi connectivity index (χ0v) is 12.5. The second kappa shape index (κ2) is 6.73. The molecule has 0 atom stereocenters. The number of hydrogen-bond donors (Lipinski definition) is 2. The molecule has 0 saturated heterocycles. The summed E-state index contributed by atoms with van der Waals surface area (Å²) < 4.78 is 5.63. The lowest BCUT2D eigenvalue weighted by molar-refractivity contribution is -0.386. The van der Waals surface area contributed by atoms with Crippen LogP contribution in [0.3, 0.4) is 0 Å². The number of nitrogens with one attached hydrogen (secondary N) is 2. The number of para-hydroxylation sites is 1. The second-order valence-corrected chi connectivity index (χ2v) is 4.97. The Morgan fingerprint density at radius 2 is 1.87 bits per heavy atom. The number of benzene rings is 1. The summed E-state index contributed by atoms with van der Waals surface area (Å²) in [5, 5.41) is 11.0. The fourth-order valence-corrected chi connectivity index (χ4v) is 1.95. The van der Waals surface area contributed by atoms with Crippen LogP contribution in [0.2, 0.25) is 0 Å². The van der Waals surface area contributed by atoms with Crippen molar-refractivity contribution in [1.82, 2.24) is 9.97 Å². The third-order valence-electron chi connectivity index (χ3n) is 2.84. The standard InChI is InChI=1S/C15H15N3O5/c1-9(2)23-12-6-4-3-5-10(12)7-8-11-13(18(21)22)14(19)17-15(20)16-11/h3-9H,1-2H3,(H2,16,17,19,20)/b8-7+. The fourth-order valence-electron chi connectivity index (χ4n) is 1.95. The number of hydrogen-bond acceptors (Lipinski definition) is 5. The first-order chi connectivity index (χ1) is 10.9. The van der Waals surface area contributed by atoms with E-state index in [4.69, 9.17) is 4.74 Å². The van der Waals surface area contributed by atoms with E-state index in [2.05, 4.69) is 4.98 Å². The minimum atomic E-state index is -1.05. The normalized spacial score (nSPS) is 11.1. The average molecular weight is 317 g/mol. The molecule has 120 valence electrons. The molecule has 0 aliphatic carbocycles. The SMILES string of the molecule is CC(C)Oc1ccccc1/C=C/c1[nH]c(=O)[nH]c(=O)c1[N+](=O)[O-]. The molecule has 0 bridgehead atoms. The molecule has 0 saturated carbocycles. The molecule has 0 radical (unpaired) electrons. The highest BCUT2D eigenvalue weighted by atomic mass is 16.6. The average Bonchev–Trinajstić information content (AvgIpc) is 2.44. The van der Waals surface area contributed by atoms with Crippen LogP contribution in [0.5, 0.6) is 5.75 Å². The smallest absolute Gasteiger partial charge is 0.357 e. The number of H-pyrrole nitrogens is 2. The summed E-state index contributed by atoms with van der Waals surface area (Å²) in [7, 11) is 0. The molecule has 8 heteroatoms. The predicted molar refractivity (Wildman–Crippen MR) is 85.5 cm³/mol. The summed E-state index contributed by atoms with van der Waals surface area (Å²) in [4.78, 5) is 37.1. The highest BCUT2D eigenvalue weighted by Crippen LogP contribution is 2.22. The maximum atomic E-state index is 11.6. The van der Waals surface area contributed by atoms with E-state index in [1.807, 2.05) is 18.8 Å². The molecular formula is C15H15N3O5. The van der Waals surface area contributed by atoms with Gasteiger partial charge in [0.05, 0.1) is 11.0 Å². The number of nitrogens with zero attached hydrogens (tertiary/aromatic N) is 1. The highest BCUT2D eigenvalue weighted by molar-refractivity contribution is 5.74. The number of ether oxygens (including phenoxy) is 1. The molecule has 1 aromatic carbocycles. The Kier molecular flexibility index (Phi) is 4.75. The van der Waals surface area contributed by atoms with Crippen molar-refractivity contribution in [2.45, 2.75) is 20.0 Å². The van der Waals surface area contributed by atoms with Crippen LogP contribution in [0.1, 0.15) is 25.1 Å². The van der Waals surface area contributed by atoms with Gasteiger partial charge in [0.25, 0.3) is 0 Å². The van der Waals surface area contributed by atoms with Gasteiger partial charge in [0.1, 0.15) is 11.4 Å². The maximum absolute atomic E-state index is 11.6. The van der Waals surface area contributed by atoms with Crippen LogP contribution in [-0.2, 0) is 0 Å². The Morgan fingerprint density at radius 3 is 2.52 bits per heavy atom. The van der Waals surface area contributed by atoms with Crippen LogP contribution >= 0.6 is 0 Å². The highest BCUT2D eigenvalue weighted by Gasteiger charge is 2.18. The monoisotopic (exact) mass is 317 g/mol. The van der Waals surface area contributed by atoms with Crippen LogP contribution in [0, 0.1) is 10.1 Å². The molecule has 0 spiro atoms. The van der Waals surface area contributed by atoms with Gasteiger partial charge >= 0.3 is 16.9 Å². The minimum absolute atomic E-state index is 0.0433. The molecule has 0 aliphatic heterocycles. The first kappa shape index (κ1) is 16.2. The Balaban J connectivity index is 2.48. The molecule has 0 aliphatic rings. The quantitative estimate of drug-likeness (QED) is 0.645. The molecule has 2 aromatic rings. The van der Waals surface area contributed by atoms with Gasteiger partial charge in [0, 0.05) is 5.56 Å². The van der Waals surface area contributed by atoms with Crippen LogP contribution in [0.15, 0.2) is 33.9 Å². The second-order valence-electron chi connectivity index (χ2n) is 4.97.